The molecule has 0 fully saturated rings. The molecule has 1 aliphatic rings. The second-order valence-electron chi connectivity index (χ2n) is 5.50. The lowest BCUT2D eigenvalue weighted by molar-refractivity contribution is -0.514. The van der Waals surface area contributed by atoms with Gasteiger partial charge in [0.1, 0.15) is 5.54 Å². The summed E-state index contributed by atoms with van der Waals surface area (Å²) in [4.78, 5) is 15.2. The molecule has 5 nitrogen and oxygen atoms in total. The van der Waals surface area contributed by atoms with Crippen molar-refractivity contribution in [3.63, 3.8) is 0 Å². The first-order valence-electron chi connectivity index (χ1n) is 6.47. The number of hydrogen-bond acceptors (Lipinski definition) is 4. The minimum absolute atomic E-state index is 0.271. The zero-order valence-corrected chi connectivity index (χ0v) is 11.5. The Bertz CT molecular complexity index is 513. The van der Waals surface area contributed by atoms with Gasteiger partial charge in [0.2, 0.25) is 0 Å². The summed E-state index contributed by atoms with van der Waals surface area (Å²) in [6.45, 7) is 6.77. The largest absolute Gasteiger partial charge is 0.301 e. The standard InChI is InChI=1S/C14H19N3O2/c1-10(2)8-16-14(3)11-6-4-5-7-12(11)15-9-13(14)17(18)19/h4-7,9-10,13,16H,8H2,1-3H3. The third-order valence-electron chi connectivity index (χ3n) is 3.51. The monoisotopic (exact) mass is 261 g/mol. The van der Waals surface area contributed by atoms with Gasteiger partial charge in [0.05, 0.1) is 11.9 Å². The highest BCUT2D eigenvalue weighted by Crippen LogP contribution is 2.36. The van der Waals surface area contributed by atoms with Gasteiger partial charge in [-0.3, -0.25) is 15.1 Å². The number of rotatable bonds is 4. The van der Waals surface area contributed by atoms with E-state index in [4.69, 9.17) is 0 Å². The van der Waals surface area contributed by atoms with E-state index in [1.165, 1.54) is 6.21 Å². The van der Waals surface area contributed by atoms with Crippen LogP contribution in [0.15, 0.2) is 29.3 Å². The van der Waals surface area contributed by atoms with Crippen molar-refractivity contribution in [2.45, 2.75) is 32.4 Å². The number of aliphatic imine (C=N–C) groups is 1. The molecule has 0 amide bonds. The summed E-state index contributed by atoms with van der Waals surface area (Å²) in [6, 6.07) is 6.74. The third-order valence-corrected chi connectivity index (χ3v) is 3.51. The van der Waals surface area contributed by atoms with Crippen molar-refractivity contribution in [1.82, 2.24) is 5.32 Å². The summed E-state index contributed by atoms with van der Waals surface area (Å²) < 4.78 is 0. The number of nitrogens with one attached hydrogen (secondary N) is 1. The van der Waals surface area contributed by atoms with E-state index < -0.39 is 11.6 Å². The molecule has 1 aromatic carbocycles. The van der Waals surface area contributed by atoms with Crippen LogP contribution in [0, 0.1) is 16.0 Å². The molecule has 102 valence electrons. The molecule has 1 heterocycles. The van der Waals surface area contributed by atoms with Crippen molar-refractivity contribution in [3.8, 4) is 0 Å². The van der Waals surface area contributed by atoms with Crippen LogP contribution in [-0.2, 0) is 5.54 Å². The molecule has 5 heteroatoms. The molecule has 1 aliphatic heterocycles. The number of benzene rings is 1. The van der Waals surface area contributed by atoms with Gasteiger partial charge < -0.3 is 5.32 Å². The van der Waals surface area contributed by atoms with Crippen LogP contribution in [0.4, 0.5) is 5.69 Å². The number of nitro groups is 1. The van der Waals surface area contributed by atoms with Crippen LogP contribution in [-0.4, -0.2) is 23.7 Å². The topological polar surface area (TPSA) is 67.5 Å². The molecular weight excluding hydrogens is 242 g/mol. The Morgan fingerprint density at radius 1 is 1.47 bits per heavy atom. The molecule has 0 aromatic heterocycles. The van der Waals surface area contributed by atoms with Crippen LogP contribution in [0.3, 0.4) is 0 Å². The van der Waals surface area contributed by atoms with Gasteiger partial charge in [-0.1, -0.05) is 32.0 Å². The summed E-state index contributed by atoms with van der Waals surface area (Å²) in [6.07, 6.45) is 1.44. The summed E-state index contributed by atoms with van der Waals surface area (Å²) in [5, 5.41) is 14.7. The predicted molar refractivity (Wildman–Crippen MR) is 75.6 cm³/mol. The molecule has 2 rings (SSSR count). The molecule has 1 aromatic rings. The van der Waals surface area contributed by atoms with E-state index in [9.17, 15) is 10.1 Å². The molecule has 2 unspecified atom stereocenters. The number of fused-ring (bicyclic) bond motifs is 1. The maximum atomic E-state index is 11.3. The van der Waals surface area contributed by atoms with Crippen LogP contribution < -0.4 is 5.32 Å². The van der Waals surface area contributed by atoms with Crippen LogP contribution in [0.25, 0.3) is 0 Å². The summed E-state index contributed by atoms with van der Waals surface area (Å²) in [5.74, 6) is 0.426. The highest BCUT2D eigenvalue weighted by atomic mass is 16.6. The van der Waals surface area contributed by atoms with E-state index in [0.717, 1.165) is 17.8 Å². The average molecular weight is 261 g/mol. The second kappa shape index (κ2) is 5.09. The first kappa shape index (κ1) is 13.7. The van der Waals surface area contributed by atoms with Crippen LogP contribution in [0.2, 0.25) is 0 Å². The Hall–Kier alpha value is -1.75. The van der Waals surface area contributed by atoms with Crippen LogP contribution in [0.1, 0.15) is 26.3 Å². The fourth-order valence-corrected chi connectivity index (χ4v) is 2.37. The van der Waals surface area contributed by atoms with Gasteiger partial charge in [0, 0.05) is 10.5 Å². The van der Waals surface area contributed by atoms with Gasteiger partial charge >= 0.3 is 0 Å². The molecular formula is C14H19N3O2. The van der Waals surface area contributed by atoms with Crippen molar-refractivity contribution in [2.75, 3.05) is 6.54 Å². The Morgan fingerprint density at radius 2 is 2.16 bits per heavy atom. The Balaban J connectivity index is 2.44. The van der Waals surface area contributed by atoms with Gasteiger partial charge in [-0.05, 0) is 25.5 Å². The van der Waals surface area contributed by atoms with E-state index in [1.54, 1.807) is 0 Å². The Labute approximate surface area is 112 Å². The SMILES string of the molecule is CC(C)CNC1(C)c2ccccc2N=CC1[N+](=O)[O-]. The zero-order valence-electron chi connectivity index (χ0n) is 11.5. The molecule has 0 spiro atoms. The van der Waals surface area contributed by atoms with Crippen LogP contribution >= 0.6 is 0 Å². The van der Waals surface area contributed by atoms with Crippen LogP contribution in [0.5, 0.6) is 0 Å². The molecule has 1 N–H and O–H groups in total. The van der Waals surface area contributed by atoms with E-state index in [2.05, 4.69) is 24.2 Å². The lowest BCUT2D eigenvalue weighted by Gasteiger charge is -2.35. The summed E-state index contributed by atoms with van der Waals surface area (Å²) >= 11 is 0. The smallest absolute Gasteiger partial charge is 0.269 e. The molecule has 0 radical (unpaired) electrons. The van der Waals surface area contributed by atoms with E-state index in [-0.39, 0.29) is 4.92 Å². The molecule has 0 saturated heterocycles. The molecule has 0 saturated carbocycles. The maximum Gasteiger partial charge on any atom is 0.269 e. The normalized spacial score (nSPS) is 25.4. The van der Waals surface area contributed by atoms with Crippen molar-refractivity contribution >= 4 is 11.9 Å². The first-order valence-corrected chi connectivity index (χ1v) is 6.47. The Kier molecular flexibility index (Phi) is 3.66. The van der Waals surface area contributed by atoms with Gasteiger partial charge in [-0.25, -0.2) is 0 Å². The van der Waals surface area contributed by atoms with Crippen molar-refractivity contribution in [1.29, 1.82) is 0 Å². The maximum absolute atomic E-state index is 11.3. The van der Waals surface area contributed by atoms with Gasteiger partial charge in [-0.2, -0.15) is 0 Å². The third kappa shape index (κ3) is 2.51. The lowest BCUT2D eigenvalue weighted by atomic mass is 9.82. The average Bonchev–Trinajstić information content (AvgIpc) is 2.37. The molecule has 19 heavy (non-hydrogen) atoms. The zero-order chi connectivity index (χ0) is 14.0. The fourth-order valence-electron chi connectivity index (χ4n) is 2.37. The Morgan fingerprint density at radius 3 is 2.79 bits per heavy atom. The van der Waals surface area contributed by atoms with Crippen molar-refractivity contribution < 1.29 is 4.92 Å². The highest BCUT2D eigenvalue weighted by Gasteiger charge is 2.46. The highest BCUT2D eigenvalue weighted by molar-refractivity contribution is 5.75. The number of hydrogen-bond donors (Lipinski definition) is 1. The first-order chi connectivity index (χ1) is 8.95. The van der Waals surface area contributed by atoms with Crippen molar-refractivity contribution in [3.05, 3.63) is 39.9 Å². The lowest BCUT2D eigenvalue weighted by Crippen LogP contribution is -2.55. The van der Waals surface area contributed by atoms with Gasteiger partial charge in [0.15, 0.2) is 0 Å². The van der Waals surface area contributed by atoms with Gasteiger partial charge in [-0.15, -0.1) is 0 Å². The summed E-state index contributed by atoms with van der Waals surface area (Å²) in [7, 11) is 0. The van der Waals surface area contributed by atoms with E-state index in [1.807, 2.05) is 31.2 Å². The number of nitrogens with zero attached hydrogens (tertiary/aromatic N) is 2. The fraction of sp³-hybridized carbons (Fsp3) is 0.500. The predicted octanol–water partition coefficient (Wildman–Crippen LogP) is 2.51. The molecule has 2 atom stereocenters. The molecule has 0 aliphatic carbocycles. The van der Waals surface area contributed by atoms with E-state index in [0.29, 0.717) is 5.92 Å². The minimum atomic E-state index is -0.846. The minimum Gasteiger partial charge on any atom is -0.301 e. The molecule has 0 bridgehead atoms. The number of para-hydroxylation sites is 1. The van der Waals surface area contributed by atoms with Crippen molar-refractivity contribution in [2.24, 2.45) is 10.9 Å². The second-order valence-corrected chi connectivity index (χ2v) is 5.50. The van der Waals surface area contributed by atoms with E-state index >= 15 is 0 Å². The van der Waals surface area contributed by atoms with Gasteiger partial charge in [0.25, 0.3) is 6.04 Å². The quantitative estimate of drug-likeness (QED) is 0.669. The summed E-state index contributed by atoms with van der Waals surface area (Å²) in [5.41, 5.74) is 0.978.